The van der Waals surface area contributed by atoms with Crippen molar-refractivity contribution in [1.29, 1.82) is 0 Å². The SMILES string of the molecule is Nc1c2c(cc(=O)n1-c1cc3c(cc1N1CCOC1=O)OCO3)C(=O)NC2=O. The number of benzene rings is 1. The minimum Gasteiger partial charge on any atom is -0.454 e. The molecule has 5 rings (SSSR count). The highest BCUT2D eigenvalue weighted by Crippen LogP contribution is 2.41. The molecule has 0 atom stereocenters. The zero-order valence-corrected chi connectivity index (χ0v) is 14.2. The molecule has 4 heterocycles. The molecule has 0 radical (unpaired) electrons. The number of aromatic nitrogens is 1. The van der Waals surface area contributed by atoms with Crippen LogP contribution < -0.4 is 31.0 Å². The summed E-state index contributed by atoms with van der Waals surface area (Å²) in [6.45, 7) is 0.413. The predicted molar refractivity (Wildman–Crippen MR) is 93.1 cm³/mol. The Hall–Kier alpha value is -4.02. The highest BCUT2D eigenvalue weighted by molar-refractivity contribution is 6.23. The van der Waals surface area contributed by atoms with E-state index in [1.165, 1.54) is 17.0 Å². The van der Waals surface area contributed by atoms with Gasteiger partial charge in [-0.05, 0) is 0 Å². The lowest BCUT2D eigenvalue weighted by atomic mass is 10.1. The summed E-state index contributed by atoms with van der Waals surface area (Å²) in [6.07, 6.45) is -0.596. The molecule has 1 aromatic carbocycles. The molecule has 1 saturated heterocycles. The Morgan fingerprint density at radius 2 is 1.64 bits per heavy atom. The normalized spacial score (nSPS) is 17.0. The molecule has 0 spiro atoms. The molecule has 142 valence electrons. The molecule has 3 aliphatic heterocycles. The molecular formula is C17H12N4O7. The number of carbonyl (C=O) groups excluding carboxylic acids is 3. The third kappa shape index (κ3) is 2.09. The van der Waals surface area contributed by atoms with Crippen LogP contribution in [0.1, 0.15) is 20.7 Å². The van der Waals surface area contributed by atoms with Crippen molar-refractivity contribution in [2.75, 3.05) is 30.6 Å². The van der Waals surface area contributed by atoms with Gasteiger partial charge in [0.2, 0.25) is 6.79 Å². The van der Waals surface area contributed by atoms with Crippen LogP contribution in [0, 0.1) is 0 Å². The third-order valence-electron chi connectivity index (χ3n) is 4.72. The molecule has 1 aromatic heterocycles. The van der Waals surface area contributed by atoms with Crippen LogP contribution in [0.25, 0.3) is 5.69 Å². The Morgan fingerprint density at radius 1 is 0.929 bits per heavy atom. The second-order valence-electron chi connectivity index (χ2n) is 6.24. The lowest BCUT2D eigenvalue weighted by Gasteiger charge is -2.21. The van der Waals surface area contributed by atoms with Gasteiger partial charge >= 0.3 is 6.09 Å². The van der Waals surface area contributed by atoms with Gasteiger partial charge in [-0.2, -0.15) is 0 Å². The van der Waals surface area contributed by atoms with Gasteiger partial charge in [-0.1, -0.05) is 0 Å². The number of nitrogens with one attached hydrogen (secondary N) is 1. The van der Waals surface area contributed by atoms with Crippen LogP contribution in [0.5, 0.6) is 11.5 Å². The number of hydrogen-bond acceptors (Lipinski definition) is 8. The summed E-state index contributed by atoms with van der Waals surface area (Å²) >= 11 is 0. The van der Waals surface area contributed by atoms with Gasteiger partial charge in [0.15, 0.2) is 11.5 Å². The molecule has 0 unspecified atom stereocenters. The first-order valence-electron chi connectivity index (χ1n) is 8.25. The Balaban J connectivity index is 1.80. The highest BCUT2D eigenvalue weighted by Gasteiger charge is 2.34. The first-order chi connectivity index (χ1) is 13.5. The number of nitrogens with two attached hydrogens (primary N) is 1. The van der Waals surface area contributed by atoms with Crippen molar-refractivity contribution in [1.82, 2.24) is 9.88 Å². The lowest BCUT2D eigenvalue weighted by molar-refractivity contribution is 0.0879. The maximum Gasteiger partial charge on any atom is 0.414 e. The van der Waals surface area contributed by atoms with Crippen LogP contribution in [0.3, 0.4) is 0 Å². The fraction of sp³-hybridized carbons (Fsp3) is 0.176. The van der Waals surface area contributed by atoms with Gasteiger partial charge in [-0.3, -0.25) is 29.2 Å². The molecule has 11 heteroatoms. The fourth-order valence-electron chi connectivity index (χ4n) is 3.46. The number of hydrogen-bond donors (Lipinski definition) is 2. The Labute approximate surface area is 156 Å². The molecule has 3 amide bonds. The zero-order chi connectivity index (χ0) is 19.6. The molecule has 0 saturated carbocycles. The van der Waals surface area contributed by atoms with Gasteiger partial charge in [-0.15, -0.1) is 0 Å². The predicted octanol–water partition coefficient (Wildman–Crippen LogP) is -0.0114. The molecular weight excluding hydrogens is 372 g/mol. The fourth-order valence-corrected chi connectivity index (χ4v) is 3.46. The van der Waals surface area contributed by atoms with Crippen molar-refractivity contribution in [2.45, 2.75) is 0 Å². The van der Waals surface area contributed by atoms with E-state index in [0.29, 0.717) is 17.2 Å². The summed E-state index contributed by atoms with van der Waals surface area (Å²) in [7, 11) is 0. The quantitative estimate of drug-likeness (QED) is 0.689. The lowest BCUT2D eigenvalue weighted by Crippen LogP contribution is -2.29. The summed E-state index contributed by atoms with van der Waals surface area (Å²) in [5, 5.41) is 2.11. The van der Waals surface area contributed by atoms with E-state index in [1.807, 2.05) is 0 Å². The van der Waals surface area contributed by atoms with Gasteiger partial charge < -0.3 is 19.9 Å². The van der Waals surface area contributed by atoms with Crippen LogP contribution in [0.4, 0.5) is 16.3 Å². The highest BCUT2D eigenvalue weighted by atomic mass is 16.7. The molecule has 0 bridgehead atoms. The smallest absolute Gasteiger partial charge is 0.414 e. The minimum absolute atomic E-state index is 0.0197. The van der Waals surface area contributed by atoms with Gasteiger partial charge in [0, 0.05) is 18.2 Å². The number of rotatable bonds is 2. The van der Waals surface area contributed by atoms with Gasteiger partial charge in [0.05, 0.1) is 29.0 Å². The standard InChI is InChI=1S/C17H12N4O7/c18-14-13-7(15(23)19-16(13)24)3-12(22)21(14)9-5-11-10(27-6-28-11)4-8(9)20-1-2-26-17(20)25/h3-5H,1-2,6,18H2,(H,19,23,24). The number of nitrogens with zero attached hydrogens (tertiary/aromatic N) is 2. The summed E-state index contributed by atoms with van der Waals surface area (Å²) in [5.41, 5.74) is 5.77. The Morgan fingerprint density at radius 3 is 2.32 bits per heavy atom. The van der Waals surface area contributed by atoms with Crippen molar-refractivity contribution in [2.24, 2.45) is 0 Å². The van der Waals surface area contributed by atoms with E-state index in [2.05, 4.69) is 5.32 Å². The summed E-state index contributed by atoms with van der Waals surface area (Å²) < 4.78 is 16.8. The number of ether oxygens (including phenoxy) is 3. The van der Waals surface area contributed by atoms with E-state index in [-0.39, 0.29) is 42.6 Å². The van der Waals surface area contributed by atoms with Crippen LogP contribution in [-0.2, 0) is 4.74 Å². The van der Waals surface area contributed by atoms with E-state index in [9.17, 15) is 19.2 Å². The number of pyridine rings is 1. The second kappa shape index (κ2) is 5.49. The van der Waals surface area contributed by atoms with Gasteiger partial charge in [0.25, 0.3) is 17.4 Å². The summed E-state index contributed by atoms with van der Waals surface area (Å²) in [6, 6.07) is 4.05. The Kier molecular flexibility index (Phi) is 3.17. The molecule has 3 N–H and O–H groups in total. The summed E-state index contributed by atoms with van der Waals surface area (Å²) in [5.74, 6) is -0.879. The van der Waals surface area contributed by atoms with Crippen LogP contribution in [0.2, 0.25) is 0 Å². The van der Waals surface area contributed by atoms with E-state index >= 15 is 0 Å². The topological polar surface area (TPSA) is 142 Å². The first-order valence-corrected chi connectivity index (χ1v) is 8.25. The average molecular weight is 384 g/mol. The molecule has 28 heavy (non-hydrogen) atoms. The van der Waals surface area contributed by atoms with E-state index in [0.717, 1.165) is 10.6 Å². The number of carbonyl (C=O) groups is 3. The number of nitrogen functional groups attached to an aromatic ring is 1. The van der Waals surface area contributed by atoms with Gasteiger partial charge in [0.1, 0.15) is 12.4 Å². The maximum atomic E-state index is 12.8. The molecule has 2 aromatic rings. The average Bonchev–Trinajstić information content (AvgIpc) is 3.34. The minimum atomic E-state index is -0.700. The van der Waals surface area contributed by atoms with Crippen molar-refractivity contribution in [3.8, 4) is 17.2 Å². The monoisotopic (exact) mass is 384 g/mol. The molecule has 1 fully saturated rings. The molecule has 11 nitrogen and oxygen atoms in total. The largest absolute Gasteiger partial charge is 0.454 e. The number of anilines is 2. The first kappa shape index (κ1) is 16.2. The number of imide groups is 1. The molecule has 3 aliphatic rings. The number of fused-ring (bicyclic) bond motifs is 2. The van der Waals surface area contributed by atoms with Crippen molar-refractivity contribution < 1.29 is 28.6 Å². The maximum absolute atomic E-state index is 12.8. The third-order valence-corrected chi connectivity index (χ3v) is 4.72. The number of amides is 3. The van der Waals surface area contributed by atoms with E-state index in [1.54, 1.807) is 0 Å². The second-order valence-corrected chi connectivity index (χ2v) is 6.24. The number of cyclic esters (lactones) is 1. The zero-order valence-electron chi connectivity index (χ0n) is 14.2. The van der Waals surface area contributed by atoms with Crippen LogP contribution in [-0.4, -0.2) is 42.4 Å². The van der Waals surface area contributed by atoms with Crippen LogP contribution >= 0.6 is 0 Å². The van der Waals surface area contributed by atoms with Gasteiger partial charge in [-0.25, -0.2) is 4.79 Å². The van der Waals surface area contributed by atoms with Crippen molar-refractivity contribution in [3.63, 3.8) is 0 Å². The van der Waals surface area contributed by atoms with Crippen molar-refractivity contribution >= 4 is 29.4 Å². The van der Waals surface area contributed by atoms with Crippen LogP contribution in [0.15, 0.2) is 23.0 Å². The molecule has 0 aliphatic carbocycles. The summed E-state index contributed by atoms with van der Waals surface area (Å²) in [4.78, 5) is 50.2. The van der Waals surface area contributed by atoms with E-state index < -0.39 is 23.5 Å². The Bertz CT molecular complexity index is 1150. The van der Waals surface area contributed by atoms with Crippen molar-refractivity contribution in [3.05, 3.63) is 39.7 Å². The van der Waals surface area contributed by atoms with E-state index in [4.69, 9.17) is 19.9 Å².